The average Bonchev–Trinajstić information content (AvgIpc) is 2.71. The van der Waals surface area contributed by atoms with Gasteiger partial charge in [0, 0.05) is 8.95 Å². The molecule has 0 aliphatic heterocycles. The van der Waals surface area contributed by atoms with Crippen LogP contribution < -0.4 is 4.89 Å². The van der Waals surface area contributed by atoms with E-state index in [4.69, 9.17) is 4.89 Å². The standard InChI is InChI=1S/C24H22Br4O2/c1-5-9-14-18(25)13-19(26)15(10-6-2)20(14)21-16(11-7-3)22(27)24(30-29)23(28)17(21)12-8-4/h5-8,13,29H,1-4,9-12H2. The smallest absolute Gasteiger partial charge is 0.194 e. The van der Waals surface area contributed by atoms with Gasteiger partial charge >= 0.3 is 0 Å². The van der Waals surface area contributed by atoms with Crippen molar-refractivity contribution in [1.82, 2.24) is 0 Å². The van der Waals surface area contributed by atoms with Crippen molar-refractivity contribution >= 4 is 63.7 Å². The highest BCUT2D eigenvalue weighted by atomic mass is 79.9. The molecule has 2 rings (SSSR count). The Hall–Kier alpha value is -0.920. The molecular weight excluding hydrogens is 640 g/mol. The van der Waals surface area contributed by atoms with Gasteiger partial charge in [-0.2, -0.15) is 0 Å². The molecule has 2 nitrogen and oxygen atoms in total. The summed E-state index contributed by atoms with van der Waals surface area (Å²) in [6.07, 6.45) is 9.98. The van der Waals surface area contributed by atoms with Gasteiger partial charge in [-0.15, -0.1) is 26.3 Å². The Morgan fingerprint density at radius 1 is 0.667 bits per heavy atom. The molecule has 0 saturated heterocycles. The molecule has 6 heteroatoms. The van der Waals surface area contributed by atoms with Crippen LogP contribution in [-0.4, -0.2) is 5.26 Å². The Labute approximate surface area is 211 Å². The van der Waals surface area contributed by atoms with Gasteiger partial charge in [-0.25, -0.2) is 5.26 Å². The molecule has 0 spiro atoms. The third kappa shape index (κ3) is 4.94. The van der Waals surface area contributed by atoms with Gasteiger partial charge < -0.3 is 4.89 Å². The fourth-order valence-electron chi connectivity index (χ4n) is 3.52. The van der Waals surface area contributed by atoms with E-state index in [1.807, 2.05) is 24.3 Å². The lowest BCUT2D eigenvalue weighted by molar-refractivity contribution is -0.139. The molecule has 0 atom stereocenters. The topological polar surface area (TPSA) is 29.5 Å². The normalized spacial score (nSPS) is 10.6. The molecule has 0 heterocycles. The second-order valence-electron chi connectivity index (χ2n) is 6.52. The van der Waals surface area contributed by atoms with Crippen molar-refractivity contribution in [3.8, 4) is 16.9 Å². The maximum atomic E-state index is 9.56. The fraction of sp³-hybridized carbons (Fsp3) is 0.167. The zero-order valence-corrected chi connectivity index (χ0v) is 22.8. The number of hydrogen-bond donors (Lipinski definition) is 1. The van der Waals surface area contributed by atoms with Crippen LogP contribution in [-0.2, 0) is 25.7 Å². The van der Waals surface area contributed by atoms with Crippen molar-refractivity contribution in [2.75, 3.05) is 0 Å². The first-order chi connectivity index (χ1) is 14.4. The van der Waals surface area contributed by atoms with Crippen LogP contribution >= 0.6 is 63.7 Å². The molecule has 158 valence electrons. The summed E-state index contributed by atoms with van der Waals surface area (Å²) in [6, 6.07) is 2.07. The zero-order chi connectivity index (χ0) is 22.4. The summed E-state index contributed by atoms with van der Waals surface area (Å²) in [4.78, 5) is 4.73. The predicted octanol–water partition coefficient (Wildman–Crippen LogP) is 9.17. The van der Waals surface area contributed by atoms with Gasteiger partial charge in [-0.3, -0.25) is 0 Å². The SMILES string of the molecule is C=CCc1c(Br)cc(Br)c(CC=C)c1-c1c(CC=C)c(Br)c(OO)c(Br)c1CC=C. The molecule has 30 heavy (non-hydrogen) atoms. The first-order valence-corrected chi connectivity index (χ1v) is 12.3. The van der Waals surface area contributed by atoms with E-state index in [2.05, 4.69) is 96.1 Å². The average molecular weight is 662 g/mol. The summed E-state index contributed by atoms with van der Waals surface area (Å²) in [6.45, 7) is 15.8. The molecule has 0 aromatic heterocycles. The summed E-state index contributed by atoms with van der Waals surface area (Å²) in [5.41, 5.74) is 6.32. The Bertz CT molecular complexity index is 938. The molecule has 1 N–H and O–H groups in total. The van der Waals surface area contributed by atoms with Gasteiger partial charge in [-0.1, -0.05) is 56.2 Å². The second kappa shape index (κ2) is 11.6. The van der Waals surface area contributed by atoms with Crippen molar-refractivity contribution < 1.29 is 10.1 Å². The van der Waals surface area contributed by atoms with Gasteiger partial charge in [0.05, 0.1) is 8.95 Å². The minimum atomic E-state index is 0.331. The summed E-state index contributed by atoms with van der Waals surface area (Å²) in [7, 11) is 0. The number of benzene rings is 2. The quantitative estimate of drug-likeness (QED) is 0.156. The number of halogens is 4. The van der Waals surface area contributed by atoms with Gasteiger partial charge in [0.15, 0.2) is 5.75 Å². The minimum absolute atomic E-state index is 0.331. The van der Waals surface area contributed by atoms with Crippen LogP contribution in [0.3, 0.4) is 0 Å². The monoisotopic (exact) mass is 658 g/mol. The third-order valence-electron chi connectivity index (χ3n) is 4.70. The van der Waals surface area contributed by atoms with E-state index >= 15 is 0 Å². The van der Waals surface area contributed by atoms with E-state index in [9.17, 15) is 5.26 Å². The highest BCUT2D eigenvalue weighted by Gasteiger charge is 2.27. The maximum Gasteiger partial charge on any atom is 0.194 e. The largest absolute Gasteiger partial charge is 0.338 e. The molecule has 0 unspecified atom stereocenters. The van der Waals surface area contributed by atoms with Crippen LogP contribution in [0, 0.1) is 0 Å². The molecule has 0 saturated carbocycles. The van der Waals surface area contributed by atoms with Crippen LogP contribution in [0.1, 0.15) is 22.3 Å². The van der Waals surface area contributed by atoms with E-state index in [0.29, 0.717) is 40.4 Å². The first-order valence-electron chi connectivity index (χ1n) is 9.15. The lowest BCUT2D eigenvalue weighted by atomic mass is 9.84. The van der Waals surface area contributed by atoms with Crippen LogP contribution in [0.25, 0.3) is 11.1 Å². The molecule has 0 fully saturated rings. The number of hydrogen-bond acceptors (Lipinski definition) is 2. The number of rotatable bonds is 10. The van der Waals surface area contributed by atoms with E-state index in [0.717, 1.165) is 42.3 Å². The van der Waals surface area contributed by atoms with E-state index in [-0.39, 0.29) is 0 Å². The zero-order valence-electron chi connectivity index (χ0n) is 16.4. The van der Waals surface area contributed by atoms with Crippen molar-refractivity contribution in [3.05, 3.63) is 96.8 Å². The van der Waals surface area contributed by atoms with E-state index in [1.54, 1.807) is 0 Å². The van der Waals surface area contributed by atoms with Crippen LogP contribution in [0.5, 0.6) is 5.75 Å². The molecule has 0 bridgehead atoms. The molecule has 2 aromatic carbocycles. The van der Waals surface area contributed by atoms with Crippen molar-refractivity contribution in [2.45, 2.75) is 25.7 Å². The summed E-state index contributed by atoms with van der Waals surface area (Å²) in [5, 5.41) is 9.56. The van der Waals surface area contributed by atoms with Gasteiger partial charge in [0.1, 0.15) is 0 Å². The van der Waals surface area contributed by atoms with Gasteiger partial charge in [0.2, 0.25) is 0 Å². The van der Waals surface area contributed by atoms with E-state index < -0.39 is 0 Å². The Morgan fingerprint density at radius 3 is 1.33 bits per heavy atom. The van der Waals surface area contributed by atoms with Gasteiger partial charge in [-0.05, 0) is 97.0 Å². The Morgan fingerprint density at radius 2 is 1.00 bits per heavy atom. The van der Waals surface area contributed by atoms with Crippen molar-refractivity contribution in [2.24, 2.45) is 0 Å². The molecule has 2 aromatic rings. The lowest BCUT2D eigenvalue weighted by Crippen LogP contribution is -2.07. The number of allylic oxidation sites excluding steroid dienone is 4. The molecule has 0 aliphatic carbocycles. The van der Waals surface area contributed by atoms with Crippen molar-refractivity contribution in [3.63, 3.8) is 0 Å². The highest BCUT2D eigenvalue weighted by molar-refractivity contribution is 9.11. The maximum absolute atomic E-state index is 9.56. The van der Waals surface area contributed by atoms with Crippen LogP contribution in [0.4, 0.5) is 0 Å². The molecule has 0 aliphatic rings. The van der Waals surface area contributed by atoms with Crippen LogP contribution in [0.15, 0.2) is 74.6 Å². The minimum Gasteiger partial charge on any atom is -0.338 e. The summed E-state index contributed by atoms with van der Waals surface area (Å²) in [5.74, 6) is 0.331. The third-order valence-corrected chi connectivity index (χ3v) is 7.79. The van der Waals surface area contributed by atoms with Gasteiger partial charge in [0.25, 0.3) is 0 Å². The molecule has 0 amide bonds. The first kappa shape index (κ1) is 25.3. The Kier molecular flexibility index (Phi) is 9.82. The molecule has 0 radical (unpaired) electrons. The predicted molar refractivity (Wildman–Crippen MR) is 142 cm³/mol. The van der Waals surface area contributed by atoms with Crippen molar-refractivity contribution in [1.29, 1.82) is 0 Å². The fourth-order valence-corrected chi connectivity index (χ4v) is 6.53. The molecular formula is C24H22Br4O2. The highest BCUT2D eigenvalue weighted by Crippen LogP contribution is 2.49. The second-order valence-corrected chi connectivity index (χ2v) is 9.82. The Balaban J connectivity index is 3.19. The summed E-state index contributed by atoms with van der Waals surface area (Å²) >= 11 is 14.8. The van der Waals surface area contributed by atoms with E-state index in [1.165, 1.54) is 0 Å². The van der Waals surface area contributed by atoms with Crippen LogP contribution in [0.2, 0.25) is 0 Å². The lowest BCUT2D eigenvalue weighted by Gasteiger charge is -2.25. The summed E-state index contributed by atoms with van der Waals surface area (Å²) < 4.78 is 3.32.